The van der Waals surface area contributed by atoms with Crippen LogP contribution in [0.2, 0.25) is 0 Å². The number of nitrogens with one attached hydrogen (secondary N) is 1. The summed E-state index contributed by atoms with van der Waals surface area (Å²) in [5, 5.41) is 5.40. The van der Waals surface area contributed by atoms with E-state index in [1.54, 1.807) is 13.2 Å². The molecule has 4 nitrogen and oxygen atoms in total. The van der Waals surface area contributed by atoms with Gasteiger partial charge in [0.05, 0.1) is 12.8 Å². The lowest BCUT2D eigenvalue weighted by molar-refractivity contribution is -0.111. The number of amides is 1. The molecule has 0 saturated heterocycles. The lowest BCUT2D eigenvalue weighted by atomic mass is 9.98. The first-order valence-electron chi connectivity index (χ1n) is 8.63. The third kappa shape index (κ3) is 4.63. The first-order valence-corrected chi connectivity index (χ1v) is 9.51. The standard InChI is InChI=1S/C22H22N2O2S/c1-14-11-15(2)21(16(3)12-14)19-13-27-22(23-19)24-20(25)10-7-17-5-8-18(26-4)9-6-17/h5-13H,1-4H3,(H,23,24,25)/b10-7+. The minimum absolute atomic E-state index is 0.205. The first kappa shape index (κ1) is 18.9. The highest BCUT2D eigenvalue weighted by molar-refractivity contribution is 7.14. The Morgan fingerprint density at radius 1 is 1.11 bits per heavy atom. The maximum Gasteiger partial charge on any atom is 0.250 e. The van der Waals surface area contributed by atoms with E-state index in [0.717, 1.165) is 22.6 Å². The van der Waals surface area contributed by atoms with Gasteiger partial charge in [-0.05, 0) is 55.7 Å². The number of hydrogen-bond acceptors (Lipinski definition) is 4. The van der Waals surface area contributed by atoms with Crippen molar-refractivity contribution >= 4 is 28.5 Å². The number of methoxy groups -OCH3 is 1. The highest BCUT2D eigenvalue weighted by Crippen LogP contribution is 2.31. The number of hydrogen-bond donors (Lipinski definition) is 1. The number of rotatable bonds is 5. The highest BCUT2D eigenvalue weighted by Gasteiger charge is 2.11. The summed E-state index contributed by atoms with van der Waals surface area (Å²) in [6.07, 6.45) is 3.27. The van der Waals surface area contributed by atoms with E-state index in [2.05, 4.69) is 43.2 Å². The Bertz CT molecular complexity index is 965. The molecule has 0 aliphatic carbocycles. The molecule has 0 fully saturated rings. The van der Waals surface area contributed by atoms with Crippen molar-refractivity contribution in [1.29, 1.82) is 0 Å². The zero-order valence-corrected chi connectivity index (χ0v) is 16.7. The number of nitrogens with zero attached hydrogens (tertiary/aromatic N) is 1. The maximum atomic E-state index is 12.2. The topological polar surface area (TPSA) is 51.2 Å². The Hall–Kier alpha value is -2.92. The van der Waals surface area contributed by atoms with Gasteiger partial charge in [-0.2, -0.15) is 0 Å². The molecule has 0 bridgehead atoms. The SMILES string of the molecule is COc1ccc(/C=C/C(=O)Nc2nc(-c3c(C)cc(C)cc3C)cs2)cc1. The molecular formula is C22H22N2O2S. The molecule has 1 aromatic heterocycles. The Labute approximate surface area is 163 Å². The van der Waals surface area contributed by atoms with Gasteiger partial charge in [0.1, 0.15) is 5.75 Å². The quantitative estimate of drug-likeness (QED) is 0.605. The largest absolute Gasteiger partial charge is 0.497 e. The Balaban J connectivity index is 1.70. The maximum absolute atomic E-state index is 12.2. The van der Waals surface area contributed by atoms with Crippen LogP contribution in [0.25, 0.3) is 17.3 Å². The monoisotopic (exact) mass is 378 g/mol. The third-order valence-corrected chi connectivity index (χ3v) is 4.97. The zero-order valence-electron chi connectivity index (χ0n) is 15.9. The number of thiazole rings is 1. The van der Waals surface area contributed by atoms with Gasteiger partial charge in [-0.3, -0.25) is 10.1 Å². The summed E-state index contributed by atoms with van der Waals surface area (Å²) in [5.41, 5.74) is 6.57. The van der Waals surface area contributed by atoms with Crippen LogP contribution in [0.4, 0.5) is 5.13 Å². The molecule has 5 heteroatoms. The molecular weight excluding hydrogens is 356 g/mol. The van der Waals surface area contributed by atoms with Gasteiger partial charge >= 0.3 is 0 Å². The van der Waals surface area contributed by atoms with Crippen molar-refractivity contribution in [3.8, 4) is 17.0 Å². The van der Waals surface area contributed by atoms with Gasteiger partial charge in [0.15, 0.2) is 5.13 Å². The Kier molecular flexibility index (Phi) is 5.72. The molecule has 1 amide bonds. The summed E-state index contributed by atoms with van der Waals surface area (Å²) in [4.78, 5) is 16.8. The second kappa shape index (κ2) is 8.18. The van der Waals surface area contributed by atoms with Gasteiger partial charge in [0.25, 0.3) is 0 Å². The fourth-order valence-corrected chi connectivity index (χ4v) is 3.77. The zero-order chi connectivity index (χ0) is 19.4. The molecule has 0 atom stereocenters. The van der Waals surface area contributed by atoms with Crippen LogP contribution in [0.3, 0.4) is 0 Å². The minimum atomic E-state index is -0.205. The van der Waals surface area contributed by atoms with E-state index in [-0.39, 0.29) is 5.91 Å². The summed E-state index contributed by atoms with van der Waals surface area (Å²) < 4.78 is 5.13. The van der Waals surface area contributed by atoms with Gasteiger partial charge in [0.2, 0.25) is 5.91 Å². The predicted octanol–water partition coefficient (Wildman–Crippen LogP) is 5.40. The third-order valence-electron chi connectivity index (χ3n) is 4.21. The van der Waals surface area contributed by atoms with E-state index in [9.17, 15) is 4.79 Å². The van der Waals surface area contributed by atoms with E-state index in [0.29, 0.717) is 5.13 Å². The number of ether oxygens (including phenoxy) is 1. The van der Waals surface area contributed by atoms with E-state index in [4.69, 9.17) is 4.74 Å². The van der Waals surface area contributed by atoms with E-state index < -0.39 is 0 Å². The number of carbonyl (C=O) groups excluding carboxylic acids is 1. The lowest BCUT2D eigenvalue weighted by Gasteiger charge is -2.08. The fraction of sp³-hybridized carbons (Fsp3) is 0.182. The molecule has 0 spiro atoms. The minimum Gasteiger partial charge on any atom is -0.497 e. The number of carbonyl (C=O) groups is 1. The van der Waals surface area contributed by atoms with Gasteiger partial charge in [-0.25, -0.2) is 4.98 Å². The highest BCUT2D eigenvalue weighted by atomic mass is 32.1. The average Bonchev–Trinajstić information content (AvgIpc) is 3.07. The molecule has 27 heavy (non-hydrogen) atoms. The lowest BCUT2D eigenvalue weighted by Crippen LogP contribution is -2.07. The summed E-state index contributed by atoms with van der Waals surface area (Å²) in [5.74, 6) is 0.581. The number of anilines is 1. The second-order valence-electron chi connectivity index (χ2n) is 6.41. The van der Waals surface area contributed by atoms with Crippen LogP contribution in [-0.2, 0) is 4.79 Å². The van der Waals surface area contributed by atoms with E-state index in [1.165, 1.54) is 34.1 Å². The predicted molar refractivity (Wildman–Crippen MR) is 112 cm³/mol. The average molecular weight is 378 g/mol. The molecule has 0 aliphatic heterocycles. The molecule has 0 aliphatic rings. The first-order chi connectivity index (χ1) is 13.0. The molecule has 1 heterocycles. The van der Waals surface area contributed by atoms with Crippen LogP contribution in [0.15, 0.2) is 47.9 Å². The fourth-order valence-electron chi connectivity index (χ4n) is 3.06. The van der Waals surface area contributed by atoms with Crippen molar-refractivity contribution < 1.29 is 9.53 Å². The van der Waals surface area contributed by atoms with E-state index in [1.807, 2.05) is 29.6 Å². The van der Waals surface area contributed by atoms with Crippen LogP contribution < -0.4 is 10.1 Å². The van der Waals surface area contributed by atoms with Crippen LogP contribution in [-0.4, -0.2) is 18.0 Å². The Morgan fingerprint density at radius 3 is 2.41 bits per heavy atom. The normalized spacial score (nSPS) is 11.0. The van der Waals surface area contributed by atoms with Crippen molar-refractivity contribution in [2.45, 2.75) is 20.8 Å². The smallest absolute Gasteiger partial charge is 0.250 e. The summed E-state index contributed by atoms with van der Waals surface area (Å²) in [7, 11) is 1.63. The molecule has 138 valence electrons. The van der Waals surface area contributed by atoms with E-state index >= 15 is 0 Å². The number of benzene rings is 2. The molecule has 2 aromatic carbocycles. The van der Waals surface area contributed by atoms with Gasteiger partial charge < -0.3 is 4.74 Å². The van der Waals surface area contributed by atoms with Crippen LogP contribution in [0.5, 0.6) is 5.75 Å². The van der Waals surface area contributed by atoms with Crippen molar-refractivity contribution in [2.75, 3.05) is 12.4 Å². The molecule has 3 rings (SSSR count). The summed E-state index contributed by atoms with van der Waals surface area (Å²) >= 11 is 1.43. The summed E-state index contributed by atoms with van der Waals surface area (Å²) in [6.45, 7) is 6.26. The van der Waals surface area contributed by atoms with Crippen molar-refractivity contribution in [3.05, 3.63) is 70.1 Å². The van der Waals surface area contributed by atoms with Gasteiger partial charge in [-0.15, -0.1) is 11.3 Å². The van der Waals surface area contributed by atoms with Crippen molar-refractivity contribution in [3.63, 3.8) is 0 Å². The van der Waals surface area contributed by atoms with Crippen LogP contribution >= 0.6 is 11.3 Å². The number of aromatic nitrogens is 1. The molecule has 0 radical (unpaired) electrons. The van der Waals surface area contributed by atoms with Crippen molar-refractivity contribution in [1.82, 2.24) is 4.98 Å². The van der Waals surface area contributed by atoms with Crippen molar-refractivity contribution in [2.24, 2.45) is 0 Å². The molecule has 0 unspecified atom stereocenters. The molecule has 1 N–H and O–H groups in total. The van der Waals surface area contributed by atoms with Crippen LogP contribution in [0, 0.1) is 20.8 Å². The molecule has 0 saturated carbocycles. The number of aryl methyl sites for hydroxylation is 3. The van der Waals surface area contributed by atoms with Crippen LogP contribution in [0.1, 0.15) is 22.3 Å². The molecule has 3 aromatic rings. The van der Waals surface area contributed by atoms with Gasteiger partial charge in [-0.1, -0.05) is 29.8 Å². The van der Waals surface area contributed by atoms with Gasteiger partial charge in [0, 0.05) is 17.0 Å². The second-order valence-corrected chi connectivity index (χ2v) is 7.27. The Morgan fingerprint density at radius 2 is 1.78 bits per heavy atom. The summed E-state index contributed by atoms with van der Waals surface area (Å²) in [6, 6.07) is 11.8.